The number of primary amides is 1. The van der Waals surface area contributed by atoms with Crippen molar-refractivity contribution in [1.82, 2.24) is 0 Å². The van der Waals surface area contributed by atoms with E-state index in [0.29, 0.717) is 0 Å². The van der Waals surface area contributed by atoms with E-state index in [1.807, 2.05) is 31.2 Å². The van der Waals surface area contributed by atoms with Gasteiger partial charge in [0.05, 0.1) is 0 Å². The molecule has 0 atom stereocenters. The molecule has 0 aliphatic carbocycles. The van der Waals surface area contributed by atoms with Crippen LogP contribution in [0.4, 0.5) is 0 Å². The fraction of sp³-hybridized carbons (Fsp3) is 0.357. The first kappa shape index (κ1) is 12.5. The predicted molar refractivity (Wildman–Crippen MR) is 66.9 cm³/mol. The summed E-state index contributed by atoms with van der Waals surface area (Å²) >= 11 is 0. The minimum Gasteiger partial charge on any atom is -0.366 e. The van der Waals surface area contributed by atoms with Crippen LogP contribution in [0.5, 0.6) is 0 Å². The standard InChI is InChI=1S/C14H19NO/c1-2-13(14(15)16)11-7-6-10-12-8-4-3-5-9-12/h3-5,8-9,11H,2,6-7,10H2,1H3,(H2,15,16)/b13-11+. The second-order valence-electron chi connectivity index (χ2n) is 3.82. The van der Waals surface area contributed by atoms with Crippen LogP contribution in [0.25, 0.3) is 0 Å². The summed E-state index contributed by atoms with van der Waals surface area (Å²) in [5.74, 6) is -0.290. The first-order valence-corrected chi connectivity index (χ1v) is 5.76. The van der Waals surface area contributed by atoms with Crippen LogP contribution in [-0.2, 0) is 11.2 Å². The van der Waals surface area contributed by atoms with Crippen LogP contribution in [0, 0.1) is 0 Å². The Kier molecular flexibility index (Phi) is 5.34. The van der Waals surface area contributed by atoms with Crippen LogP contribution < -0.4 is 5.73 Å². The van der Waals surface area contributed by atoms with Crippen LogP contribution in [0.1, 0.15) is 31.7 Å². The molecule has 0 unspecified atom stereocenters. The van der Waals surface area contributed by atoms with E-state index in [2.05, 4.69) is 12.1 Å². The van der Waals surface area contributed by atoms with E-state index in [1.54, 1.807) is 0 Å². The Hall–Kier alpha value is -1.57. The van der Waals surface area contributed by atoms with Crippen LogP contribution in [0.3, 0.4) is 0 Å². The molecule has 0 heterocycles. The number of carbonyl (C=O) groups excluding carboxylic acids is 1. The molecule has 0 aliphatic heterocycles. The fourth-order valence-corrected chi connectivity index (χ4v) is 1.65. The first-order chi connectivity index (χ1) is 7.74. The summed E-state index contributed by atoms with van der Waals surface area (Å²) in [7, 11) is 0. The monoisotopic (exact) mass is 217 g/mol. The summed E-state index contributed by atoms with van der Waals surface area (Å²) in [4.78, 5) is 10.9. The molecule has 0 aliphatic rings. The number of nitrogens with two attached hydrogens (primary N) is 1. The topological polar surface area (TPSA) is 43.1 Å². The zero-order valence-electron chi connectivity index (χ0n) is 9.78. The van der Waals surface area contributed by atoms with Gasteiger partial charge in [-0.25, -0.2) is 0 Å². The highest BCUT2D eigenvalue weighted by Crippen LogP contribution is 2.07. The molecule has 2 heteroatoms. The average molecular weight is 217 g/mol. The molecule has 0 aromatic heterocycles. The SMILES string of the molecule is CC/C(=C\CCCc1ccccc1)C(N)=O. The van der Waals surface area contributed by atoms with E-state index >= 15 is 0 Å². The van der Waals surface area contributed by atoms with Gasteiger partial charge >= 0.3 is 0 Å². The molecule has 16 heavy (non-hydrogen) atoms. The highest BCUT2D eigenvalue weighted by molar-refractivity contribution is 5.91. The predicted octanol–water partition coefficient (Wildman–Crippen LogP) is 2.83. The van der Waals surface area contributed by atoms with Crippen molar-refractivity contribution in [2.45, 2.75) is 32.6 Å². The summed E-state index contributed by atoms with van der Waals surface area (Å²) < 4.78 is 0. The van der Waals surface area contributed by atoms with Crippen LogP contribution in [-0.4, -0.2) is 5.91 Å². The van der Waals surface area contributed by atoms with E-state index in [9.17, 15) is 4.79 Å². The molecule has 0 spiro atoms. The second-order valence-corrected chi connectivity index (χ2v) is 3.82. The van der Waals surface area contributed by atoms with Crippen molar-refractivity contribution >= 4 is 5.91 Å². The zero-order chi connectivity index (χ0) is 11.8. The van der Waals surface area contributed by atoms with Gasteiger partial charge in [0.1, 0.15) is 0 Å². The van der Waals surface area contributed by atoms with E-state index in [0.717, 1.165) is 31.3 Å². The first-order valence-electron chi connectivity index (χ1n) is 5.76. The molecule has 0 fully saturated rings. The third-order valence-electron chi connectivity index (χ3n) is 2.60. The molecule has 1 rings (SSSR count). The van der Waals surface area contributed by atoms with Crippen molar-refractivity contribution in [2.24, 2.45) is 5.73 Å². The maximum absolute atomic E-state index is 10.9. The Morgan fingerprint density at radius 3 is 2.56 bits per heavy atom. The maximum atomic E-state index is 10.9. The lowest BCUT2D eigenvalue weighted by molar-refractivity contribution is -0.114. The summed E-state index contributed by atoms with van der Waals surface area (Å²) in [6.45, 7) is 1.95. The van der Waals surface area contributed by atoms with Crippen LogP contribution in [0.15, 0.2) is 42.0 Å². The summed E-state index contributed by atoms with van der Waals surface area (Å²) in [5, 5.41) is 0. The molecular formula is C14H19NO. The van der Waals surface area contributed by atoms with Crippen LogP contribution in [0.2, 0.25) is 0 Å². The molecule has 1 aromatic rings. The van der Waals surface area contributed by atoms with Gasteiger partial charge in [0.15, 0.2) is 0 Å². The molecule has 2 N–H and O–H groups in total. The van der Waals surface area contributed by atoms with E-state index in [1.165, 1.54) is 5.56 Å². The number of hydrogen-bond acceptors (Lipinski definition) is 1. The number of benzene rings is 1. The number of carbonyl (C=O) groups is 1. The molecule has 2 nitrogen and oxygen atoms in total. The highest BCUT2D eigenvalue weighted by atomic mass is 16.1. The zero-order valence-corrected chi connectivity index (χ0v) is 9.78. The van der Waals surface area contributed by atoms with Crippen molar-refractivity contribution in [2.75, 3.05) is 0 Å². The quantitative estimate of drug-likeness (QED) is 0.578. The Morgan fingerprint density at radius 2 is 2.00 bits per heavy atom. The average Bonchev–Trinajstić information content (AvgIpc) is 2.30. The van der Waals surface area contributed by atoms with E-state index < -0.39 is 0 Å². The third-order valence-corrected chi connectivity index (χ3v) is 2.60. The smallest absolute Gasteiger partial charge is 0.244 e. The lowest BCUT2D eigenvalue weighted by atomic mass is 10.1. The van der Waals surface area contributed by atoms with E-state index in [-0.39, 0.29) is 5.91 Å². The third kappa shape index (κ3) is 4.30. The van der Waals surface area contributed by atoms with Gasteiger partial charge in [0.25, 0.3) is 0 Å². The highest BCUT2D eigenvalue weighted by Gasteiger charge is 2.00. The molecule has 1 aromatic carbocycles. The van der Waals surface area contributed by atoms with Gasteiger partial charge in [-0.05, 0) is 31.2 Å². The molecule has 0 radical (unpaired) electrons. The van der Waals surface area contributed by atoms with Gasteiger partial charge < -0.3 is 5.73 Å². The number of allylic oxidation sites excluding steroid dienone is 1. The summed E-state index contributed by atoms with van der Waals surface area (Å²) in [6.07, 6.45) is 5.71. The van der Waals surface area contributed by atoms with Gasteiger partial charge in [0, 0.05) is 5.57 Å². The molecule has 86 valence electrons. The normalized spacial score (nSPS) is 11.4. The molecule has 0 saturated carbocycles. The Morgan fingerprint density at radius 1 is 1.31 bits per heavy atom. The van der Waals surface area contributed by atoms with Crippen molar-refractivity contribution < 1.29 is 4.79 Å². The number of hydrogen-bond donors (Lipinski definition) is 1. The van der Waals surface area contributed by atoms with Crippen molar-refractivity contribution in [3.05, 3.63) is 47.5 Å². The number of rotatable bonds is 6. The molecule has 0 saturated heterocycles. The van der Waals surface area contributed by atoms with Crippen molar-refractivity contribution in [3.8, 4) is 0 Å². The van der Waals surface area contributed by atoms with Gasteiger partial charge in [0.2, 0.25) is 5.91 Å². The molecule has 1 amide bonds. The number of amides is 1. The Labute approximate surface area is 97.2 Å². The van der Waals surface area contributed by atoms with Gasteiger partial charge in [-0.3, -0.25) is 4.79 Å². The molecule has 0 bridgehead atoms. The fourth-order valence-electron chi connectivity index (χ4n) is 1.65. The van der Waals surface area contributed by atoms with Crippen molar-refractivity contribution in [1.29, 1.82) is 0 Å². The number of aryl methyl sites for hydroxylation is 1. The van der Waals surface area contributed by atoms with Crippen LogP contribution >= 0.6 is 0 Å². The van der Waals surface area contributed by atoms with Gasteiger partial charge in [-0.15, -0.1) is 0 Å². The lowest BCUT2D eigenvalue weighted by Gasteiger charge is -2.00. The Bertz CT molecular complexity index is 354. The largest absolute Gasteiger partial charge is 0.366 e. The minimum atomic E-state index is -0.290. The summed E-state index contributed by atoms with van der Waals surface area (Å²) in [5.41, 5.74) is 7.32. The molecular weight excluding hydrogens is 198 g/mol. The maximum Gasteiger partial charge on any atom is 0.244 e. The van der Waals surface area contributed by atoms with E-state index in [4.69, 9.17) is 5.73 Å². The Balaban J connectivity index is 2.34. The minimum absolute atomic E-state index is 0.290. The van der Waals surface area contributed by atoms with Gasteiger partial charge in [-0.2, -0.15) is 0 Å². The summed E-state index contributed by atoms with van der Waals surface area (Å²) in [6, 6.07) is 10.4. The van der Waals surface area contributed by atoms with Gasteiger partial charge in [-0.1, -0.05) is 43.3 Å². The second kappa shape index (κ2) is 6.83. The number of unbranched alkanes of at least 4 members (excludes halogenated alkanes) is 1. The lowest BCUT2D eigenvalue weighted by Crippen LogP contribution is -2.13. The van der Waals surface area contributed by atoms with Crippen molar-refractivity contribution in [3.63, 3.8) is 0 Å².